The van der Waals surface area contributed by atoms with Gasteiger partial charge in [-0.3, -0.25) is 15.2 Å². The predicted molar refractivity (Wildman–Crippen MR) is 88.4 cm³/mol. The molecular formula is C18H21N4O+. The smallest absolute Gasteiger partial charge is 0.269 e. The largest absolute Gasteiger partial charge is 0.328 e. The van der Waals surface area contributed by atoms with Crippen molar-refractivity contribution in [1.29, 1.82) is 0 Å². The minimum atomic E-state index is -0.146. The molecule has 0 bridgehead atoms. The lowest BCUT2D eigenvalue weighted by atomic mass is 10.1. The molecule has 118 valence electrons. The van der Waals surface area contributed by atoms with Gasteiger partial charge in [-0.15, -0.1) is 0 Å². The van der Waals surface area contributed by atoms with Crippen molar-refractivity contribution in [3.8, 4) is 0 Å². The second-order valence-electron chi connectivity index (χ2n) is 5.66. The molecule has 23 heavy (non-hydrogen) atoms. The summed E-state index contributed by atoms with van der Waals surface area (Å²) in [6.07, 6.45) is 6.31. The number of nitrogens with zero attached hydrogens (tertiary/aromatic N) is 1. The Morgan fingerprint density at radius 3 is 2.61 bits per heavy atom. The lowest BCUT2D eigenvalue weighted by molar-refractivity contribution is -0.909. The van der Waals surface area contributed by atoms with Crippen molar-refractivity contribution >= 4 is 5.91 Å². The first kappa shape index (κ1) is 15.2. The SMILES string of the molecule is O=C(NNC1=CC[NH+](Cc2ccccc2)CC1)c1ccncc1. The van der Waals surface area contributed by atoms with Gasteiger partial charge in [-0.1, -0.05) is 30.3 Å². The van der Waals surface area contributed by atoms with Crippen molar-refractivity contribution in [2.45, 2.75) is 13.0 Å². The van der Waals surface area contributed by atoms with Crippen LogP contribution in [0, 0.1) is 0 Å². The third-order valence-corrected chi connectivity index (χ3v) is 3.96. The molecule has 5 nitrogen and oxygen atoms in total. The predicted octanol–water partition coefficient (Wildman–Crippen LogP) is 0.689. The van der Waals surface area contributed by atoms with E-state index in [1.54, 1.807) is 24.5 Å². The Kier molecular flexibility index (Phi) is 5.01. The third-order valence-electron chi connectivity index (χ3n) is 3.96. The molecule has 0 saturated carbocycles. The van der Waals surface area contributed by atoms with E-state index in [4.69, 9.17) is 0 Å². The molecule has 1 aliphatic heterocycles. The standard InChI is InChI=1S/C18H20N4O/c23-18(16-6-10-19-11-7-16)21-20-17-8-12-22(13-9-17)14-15-4-2-1-3-5-15/h1-8,10-11,20H,9,12-14H2,(H,21,23)/p+1. The van der Waals surface area contributed by atoms with Gasteiger partial charge in [0.05, 0.1) is 13.1 Å². The van der Waals surface area contributed by atoms with E-state index >= 15 is 0 Å². The van der Waals surface area contributed by atoms with E-state index in [1.807, 2.05) is 6.07 Å². The van der Waals surface area contributed by atoms with E-state index in [-0.39, 0.29) is 5.91 Å². The molecule has 0 spiro atoms. The fourth-order valence-electron chi connectivity index (χ4n) is 2.65. The number of hydrogen-bond donors (Lipinski definition) is 3. The summed E-state index contributed by atoms with van der Waals surface area (Å²) in [7, 11) is 0. The van der Waals surface area contributed by atoms with Gasteiger partial charge >= 0.3 is 0 Å². The molecule has 2 heterocycles. The number of benzene rings is 1. The molecule has 0 aliphatic carbocycles. The molecule has 3 rings (SSSR count). The minimum Gasteiger partial charge on any atom is -0.328 e. The highest BCUT2D eigenvalue weighted by atomic mass is 16.2. The molecule has 0 radical (unpaired) electrons. The van der Waals surface area contributed by atoms with Crippen molar-refractivity contribution < 1.29 is 9.69 Å². The van der Waals surface area contributed by atoms with Crippen LogP contribution in [0.25, 0.3) is 0 Å². The molecule has 5 heteroatoms. The molecule has 1 aromatic heterocycles. The van der Waals surface area contributed by atoms with Crippen LogP contribution in [0.5, 0.6) is 0 Å². The van der Waals surface area contributed by atoms with Crippen LogP contribution in [-0.4, -0.2) is 24.0 Å². The van der Waals surface area contributed by atoms with E-state index < -0.39 is 0 Å². The molecule has 1 atom stereocenters. The second kappa shape index (κ2) is 7.56. The van der Waals surface area contributed by atoms with Crippen LogP contribution in [0.3, 0.4) is 0 Å². The number of pyridine rings is 1. The molecule has 1 aromatic carbocycles. The molecule has 1 unspecified atom stereocenters. The highest BCUT2D eigenvalue weighted by molar-refractivity contribution is 5.93. The van der Waals surface area contributed by atoms with Crippen LogP contribution in [0.4, 0.5) is 0 Å². The second-order valence-corrected chi connectivity index (χ2v) is 5.66. The minimum absolute atomic E-state index is 0.146. The Hall–Kier alpha value is -2.66. The van der Waals surface area contributed by atoms with Gasteiger partial charge < -0.3 is 10.3 Å². The summed E-state index contributed by atoms with van der Waals surface area (Å²) in [5, 5.41) is 0. The lowest BCUT2D eigenvalue weighted by Gasteiger charge is -2.24. The zero-order valence-electron chi connectivity index (χ0n) is 13.0. The van der Waals surface area contributed by atoms with E-state index in [9.17, 15) is 4.79 Å². The number of carbonyl (C=O) groups is 1. The highest BCUT2D eigenvalue weighted by Crippen LogP contribution is 2.00. The first-order chi connectivity index (χ1) is 11.3. The van der Waals surface area contributed by atoms with Gasteiger partial charge in [0.1, 0.15) is 6.54 Å². The first-order valence-corrected chi connectivity index (χ1v) is 7.84. The van der Waals surface area contributed by atoms with Gasteiger partial charge in [-0.25, -0.2) is 0 Å². The third kappa shape index (κ3) is 4.40. The van der Waals surface area contributed by atoms with Crippen LogP contribution in [-0.2, 0) is 6.54 Å². The summed E-state index contributed by atoms with van der Waals surface area (Å²) in [6.45, 7) is 3.05. The lowest BCUT2D eigenvalue weighted by Crippen LogP contribution is -3.11. The van der Waals surface area contributed by atoms with Crippen LogP contribution in [0.15, 0.2) is 66.6 Å². The van der Waals surface area contributed by atoms with Crippen LogP contribution in [0.2, 0.25) is 0 Å². The fourth-order valence-corrected chi connectivity index (χ4v) is 2.65. The molecule has 2 aromatic rings. The summed E-state index contributed by atoms with van der Waals surface area (Å²) >= 11 is 0. The Bertz CT molecular complexity index is 670. The molecule has 3 N–H and O–H groups in total. The molecule has 0 fully saturated rings. The molecular weight excluding hydrogens is 288 g/mol. The number of hydrogen-bond acceptors (Lipinski definition) is 3. The van der Waals surface area contributed by atoms with E-state index in [0.717, 1.165) is 31.8 Å². The van der Waals surface area contributed by atoms with Crippen molar-refractivity contribution in [1.82, 2.24) is 15.8 Å². The number of quaternary nitrogens is 1. The number of hydrazine groups is 1. The van der Waals surface area contributed by atoms with E-state index in [2.05, 4.69) is 46.2 Å². The normalized spacial score (nSPS) is 17.2. The van der Waals surface area contributed by atoms with Crippen LogP contribution >= 0.6 is 0 Å². The average molecular weight is 309 g/mol. The number of amides is 1. The monoisotopic (exact) mass is 309 g/mol. The summed E-state index contributed by atoms with van der Waals surface area (Å²) in [4.78, 5) is 17.4. The first-order valence-electron chi connectivity index (χ1n) is 7.84. The summed E-state index contributed by atoms with van der Waals surface area (Å²) in [6, 6.07) is 13.9. The van der Waals surface area contributed by atoms with Gasteiger partial charge in [0.15, 0.2) is 0 Å². The molecule has 1 aliphatic rings. The zero-order valence-corrected chi connectivity index (χ0v) is 13.0. The topological polar surface area (TPSA) is 58.5 Å². The quantitative estimate of drug-likeness (QED) is 0.712. The summed E-state index contributed by atoms with van der Waals surface area (Å²) < 4.78 is 0. The Morgan fingerprint density at radius 1 is 1.13 bits per heavy atom. The van der Waals surface area contributed by atoms with Gasteiger partial charge in [0, 0.05) is 35.6 Å². The molecule has 0 saturated heterocycles. The van der Waals surface area contributed by atoms with Crippen molar-refractivity contribution in [3.63, 3.8) is 0 Å². The number of aromatic nitrogens is 1. The maximum atomic E-state index is 12.0. The average Bonchev–Trinajstić information content (AvgIpc) is 2.62. The Labute approximate surface area is 136 Å². The number of nitrogens with one attached hydrogen (secondary N) is 3. The highest BCUT2D eigenvalue weighted by Gasteiger charge is 2.15. The number of rotatable bonds is 5. The fraction of sp³-hybridized carbons (Fsp3) is 0.222. The number of carbonyl (C=O) groups excluding carboxylic acids is 1. The van der Waals surface area contributed by atoms with E-state index in [0.29, 0.717) is 5.56 Å². The van der Waals surface area contributed by atoms with Crippen LogP contribution < -0.4 is 15.8 Å². The van der Waals surface area contributed by atoms with E-state index in [1.165, 1.54) is 10.5 Å². The van der Waals surface area contributed by atoms with Crippen molar-refractivity contribution in [2.24, 2.45) is 0 Å². The summed E-state index contributed by atoms with van der Waals surface area (Å²) in [5.74, 6) is -0.146. The van der Waals surface area contributed by atoms with Crippen molar-refractivity contribution in [3.05, 3.63) is 77.8 Å². The van der Waals surface area contributed by atoms with Gasteiger partial charge in [-0.2, -0.15) is 0 Å². The maximum Gasteiger partial charge on any atom is 0.269 e. The Morgan fingerprint density at radius 2 is 1.91 bits per heavy atom. The maximum absolute atomic E-state index is 12.0. The van der Waals surface area contributed by atoms with Gasteiger partial charge in [0.2, 0.25) is 0 Å². The van der Waals surface area contributed by atoms with Gasteiger partial charge in [0.25, 0.3) is 5.91 Å². The summed E-state index contributed by atoms with van der Waals surface area (Å²) in [5.41, 5.74) is 8.80. The zero-order chi connectivity index (χ0) is 15.9. The van der Waals surface area contributed by atoms with Gasteiger partial charge in [-0.05, 0) is 18.2 Å². The van der Waals surface area contributed by atoms with Crippen LogP contribution in [0.1, 0.15) is 22.3 Å². The molecule has 1 amide bonds. The Balaban J connectivity index is 1.47. The van der Waals surface area contributed by atoms with Crippen molar-refractivity contribution in [2.75, 3.05) is 13.1 Å².